The summed E-state index contributed by atoms with van der Waals surface area (Å²) in [6, 6.07) is 5.98. The zero-order chi connectivity index (χ0) is 10.3. The van der Waals surface area contributed by atoms with Crippen LogP contribution < -0.4 is 4.74 Å². The Morgan fingerprint density at radius 2 is 1.92 bits per heavy atom. The monoisotopic (exact) mass is 244 g/mol. The fraction of sp³-hybridized carbons (Fsp3) is 0.455. The van der Waals surface area contributed by atoms with E-state index in [1.165, 1.54) is 5.56 Å². The van der Waals surface area contributed by atoms with E-state index in [0.717, 1.165) is 16.8 Å². The summed E-state index contributed by atoms with van der Waals surface area (Å²) in [6.07, 6.45) is 0. The second-order valence-corrected chi connectivity index (χ2v) is 3.20. The van der Waals surface area contributed by atoms with Crippen LogP contribution in [-0.4, -0.2) is 6.61 Å². The fourth-order valence-electron chi connectivity index (χ4n) is 0.874. The minimum absolute atomic E-state index is 0.723. The Morgan fingerprint density at radius 1 is 1.31 bits per heavy atom. The second kappa shape index (κ2) is 6.96. The molecule has 1 aromatic rings. The van der Waals surface area contributed by atoms with Crippen molar-refractivity contribution in [3.63, 3.8) is 0 Å². The number of halogens is 1. The first-order valence-electron chi connectivity index (χ1n) is 4.63. The van der Waals surface area contributed by atoms with E-state index in [2.05, 4.69) is 15.9 Å². The third kappa shape index (κ3) is 4.32. The van der Waals surface area contributed by atoms with Crippen LogP contribution in [0.1, 0.15) is 26.3 Å². The van der Waals surface area contributed by atoms with Gasteiger partial charge in [-0.15, -0.1) is 0 Å². The Kier molecular flexibility index (Phi) is 6.69. The smallest absolute Gasteiger partial charge is 0.119 e. The molecular weight excluding hydrogens is 228 g/mol. The van der Waals surface area contributed by atoms with Crippen LogP contribution >= 0.6 is 15.9 Å². The van der Waals surface area contributed by atoms with Gasteiger partial charge in [0.25, 0.3) is 0 Å². The number of benzene rings is 1. The van der Waals surface area contributed by atoms with Crippen LogP contribution in [0.25, 0.3) is 0 Å². The van der Waals surface area contributed by atoms with Crippen molar-refractivity contribution < 1.29 is 4.74 Å². The molecular formula is C11H17BrO. The summed E-state index contributed by atoms with van der Waals surface area (Å²) in [6.45, 7) is 8.76. The van der Waals surface area contributed by atoms with E-state index in [1.54, 1.807) is 0 Å². The lowest BCUT2D eigenvalue weighted by Crippen LogP contribution is -1.91. The van der Waals surface area contributed by atoms with Crippen molar-refractivity contribution in [2.75, 3.05) is 6.61 Å². The van der Waals surface area contributed by atoms with Gasteiger partial charge in [0, 0.05) is 4.47 Å². The summed E-state index contributed by atoms with van der Waals surface area (Å²) in [5.41, 5.74) is 1.20. The molecule has 0 saturated heterocycles. The van der Waals surface area contributed by atoms with Crippen molar-refractivity contribution in [1.29, 1.82) is 0 Å². The van der Waals surface area contributed by atoms with Gasteiger partial charge in [-0.25, -0.2) is 0 Å². The van der Waals surface area contributed by atoms with Crippen molar-refractivity contribution in [1.82, 2.24) is 0 Å². The minimum atomic E-state index is 0.723. The van der Waals surface area contributed by atoms with Gasteiger partial charge in [0.2, 0.25) is 0 Å². The summed E-state index contributed by atoms with van der Waals surface area (Å²) in [5.74, 6) is 0.938. The van der Waals surface area contributed by atoms with E-state index < -0.39 is 0 Å². The standard InChI is InChI=1S/C9H11BrO.C2H6/c1-3-11-8-4-5-9(10)7(2)6-8;1-2/h4-6H,3H2,1-2H3;1-2H3. The number of rotatable bonds is 2. The van der Waals surface area contributed by atoms with E-state index in [-0.39, 0.29) is 0 Å². The summed E-state index contributed by atoms with van der Waals surface area (Å²) >= 11 is 3.42. The Labute approximate surface area is 89.2 Å². The third-order valence-corrected chi connectivity index (χ3v) is 2.33. The highest BCUT2D eigenvalue weighted by Crippen LogP contribution is 2.21. The molecule has 74 valence electrons. The van der Waals surface area contributed by atoms with Crippen molar-refractivity contribution in [2.24, 2.45) is 0 Å². The highest BCUT2D eigenvalue weighted by molar-refractivity contribution is 9.10. The molecule has 0 aliphatic rings. The van der Waals surface area contributed by atoms with E-state index in [9.17, 15) is 0 Å². The summed E-state index contributed by atoms with van der Waals surface area (Å²) in [5, 5.41) is 0. The molecule has 0 amide bonds. The molecule has 0 aliphatic heterocycles. The van der Waals surface area contributed by atoms with Gasteiger partial charge < -0.3 is 4.74 Å². The van der Waals surface area contributed by atoms with Crippen molar-refractivity contribution in [3.8, 4) is 5.75 Å². The van der Waals surface area contributed by atoms with E-state index >= 15 is 0 Å². The molecule has 0 aromatic heterocycles. The van der Waals surface area contributed by atoms with Gasteiger partial charge in [0.15, 0.2) is 0 Å². The third-order valence-electron chi connectivity index (χ3n) is 1.44. The fourth-order valence-corrected chi connectivity index (χ4v) is 1.12. The Balaban J connectivity index is 0.000000671. The summed E-state index contributed by atoms with van der Waals surface area (Å²) < 4.78 is 6.45. The number of hydrogen-bond acceptors (Lipinski definition) is 1. The molecule has 0 aliphatic carbocycles. The second-order valence-electron chi connectivity index (χ2n) is 2.34. The van der Waals surface area contributed by atoms with Crippen molar-refractivity contribution in [2.45, 2.75) is 27.7 Å². The lowest BCUT2D eigenvalue weighted by atomic mass is 10.2. The van der Waals surface area contributed by atoms with E-state index in [0.29, 0.717) is 0 Å². The molecule has 13 heavy (non-hydrogen) atoms. The van der Waals surface area contributed by atoms with Crippen LogP contribution in [0.15, 0.2) is 22.7 Å². The van der Waals surface area contributed by atoms with Crippen LogP contribution in [0.3, 0.4) is 0 Å². The number of ether oxygens (including phenoxy) is 1. The zero-order valence-corrected chi connectivity index (χ0v) is 10.3. The van der Waals surface area contributed by atoms with Crippen LogP contribution in [0.2, 0.25) is 0 Å². The average molecular weight is 245 g/mol. The highest BCUT2D eigenvalue weighted by Gasteiger charge is 1.95. The maximum Gasteiger partial charge on any atom is 0.119 e. The molecule has 0 fully saturated rings. The Bertz CT molecular complexity index is 246. The number of aryl methyl sites for hydroxylation is 1. The molecule has 0 atom stereocenters. The SMILES string of the molecule is CC.CCOc1ccc(Br)c(C)c1. The largest absolute Gasteiger partial charge is 0.494 e. The van der Waals surface area contributed by atoms with Crippen LogP contribution in [-0.2, 0) is 0 Å². The topological polar surface area (TPSA) is 9.23 Å². The van der Waals surface area contributed by atoms with Gasteiger partial charge in [0.1, 0.15) is 5.75 Å². The Hall–Kier alpha value is -0.500. The van der Waals surface area contributed by atoms with Gasteiger partial charge in [-0.3, -0.25) is 0 Å². The molecule has 0 bridgehead atoms. The molecule has 0 spiro atoms. The van der Waals surface area contributed by atoms with E-state index in [1.807, 2.05) is 45.9 Å². The molecule has 0 heterocycles. The van der Waals surface area contributed by atoms with Gasteiger partial charge in [-0.2, -0.15) is 0 Å². The van der Waals surface area contributed by atoms with Crippen LogP contribution in [0.4, 0.5) is 0 Å². The van der Waals surface area contributed by atoms with Gasteiger partial charge >= 0.3 is 0 Å². The van der Waals surface area contributed by atoms with E-state index in [4.69, 9.17) is 4.74 Å². The maximum absolute atomic E-state index is 5.32. The highest BCUT2D eigenvalue weighted by atomic mass is 79.9. The molecule has 0 saturated carbocycles. The van der Waals surface area contributed by atoms with Gasteiger partial charge in [-0.05, 0) is 37.6 Å². The van der Waals surface area contributed by atoms with Gasteiger partial charge in [0.05, 0.1) is 6.61 Å². The molecule has 2 heteroatoms. The first kappa shape index (κ1) is 12.5. The molecule has 0 N–H and O–H groups in total. The molecule has 1 nitrogen and oxygen atoms in total. The lowest BCUT2D eigenvalue weighted by molar-refractivity contribution is 0.340. The minimum Gasteiger partial charge on any atom is -0.494 e. The molecule has 0 unspecified atom stereocenters. The van der Waals surface area contributed by atoms with Crippen LogP contribution in [0.5, 0.6) is 5.75 Å². The average Bonchev–Trinajstić information content (AvgIpc) is 2.15. The van der Waals surface area contributed by atoms with Crippen molar-refractivity contribution in [3.05, 3.63) is 28.2 Å². The summed E-state index contributed by atoms with van der Waals surface area (Å²) in [7, 11) is 0. The lowest BCUT2D eigenvalue weighted by Gasteiger charge is -2.04. The Morgan fingerprint density at radius 3 is 2.38 bits per heavy atom. The molecule has 1 rings (SSSR count). The van der Waals surface area contributed by atoms with Crippen molar-refractivity contribution >= 4 is 15.9 Å². The van der Waals surface area contributed by atoms with Gasteiger partial charge in [-0.1, -0.05) is 29.8 Å². The summed E-state index contributed by atoms with van der Waals surface area (Å²) in [4.78, 5) is 0. The predicted molar refractivity (Wildman–Crippen MR) is 61.4 cm³/mol. The normalized spacial score (nSPS) is 8.69. The first-order valence-corrected chi connectivity index (χ1v) is 5.42. The predicted octanol–water partition coefficient (Wildman–Crippen LogP) is 4.18. The number of hydrogen-bond donors (Lipinski definition) is 0. The van der Waals surface area contributed by atoms with Crippen LogP contribution in [0, 0.1) is 6.92 Å². The zero-order valence-electron chi connectivity index (χ0n) is 8.73. The molecule has 1 aromatic carbocycles. The molecule has 0 radical (unpaired) electrons. The maximum atomic E-state index is 5.32. The first-order chi connectivity index (χ1) is 6.24. The quantitative estimate of drug-likeness (QED) is 0.759.